The van der Waals surface area contributed by atoms with E-state index in [1.807, 2.05) is 6.07 Å². The summed E-state index contributed by atoms with van der Waals surface area (Å²) in [5.41, 5.74) is 10.5. The van der Waals surface area contributed by atoms with Crippen LogP contribution in [0.15, 0.2) is 17.2 Å². The molecule has 23 heavy (non-hydrogen) atoms. The number of halogens is 1. The van der Waals surface area contributed by atoms with E-state index in [0.717, 1.165) is 24.9 Å². The minimum absolute atomic E-state index is 0.106. The Balaban J connectivity index is 2.44. The molecule has 0 aliphatic carbocycles. The van der Waals surface area contributed by atoms with Gasteiger partial charge in [0, 0.05) is 23.3 Å². The summed E-state index contributed by atoms with van der Waals surface area (Å²) in [6.07, 6.45) is 3.70. The second-order valence-corrected chi connectivity index (χ2v) is 7.14. The van der Waals surface area contributed by atoms with Gasteiger partial charge in [-0.25, -0.2) is 10.2 Å². The molecular formula is C17H25ClN4O. The highest BCUT2D eigenvalue weighted by molar-refractivity contribution is 6.33. The molecule has 0 fully saturated rings. The molecule has 0 aromatic heterocycles. The molecule has 5 nitrogen and oxygen atoms in total. The Kier molecular flexibility index (Phi) is 5.19. The molecule has 0 saturated heterocycles. The summed E-state index contributed by atoms with van der Waals surface area (Å²) >= 11 is 6.42. The molecule has 0 spiro atoms. The van der Waals surface area contributed by atoms with Crippen molar-refractivity contribution in [1.29, 1.82) is 0 Å². The molecule has 0 saturated carbocycles. The number of rotatable bonds is 4. The molecule has 6 heteroatoms. The van der Waals surface area contributed by atoms with Crippen LogP contribution in [0.2, 0.25) is 5.02 Å². The van der Waals surface area contributed by atoms with Crippen molar-refractivity contribution in [2.45, 2.75) is 52.0 Å². The minimum Gasteiger partial charge on any atom is -0.366 e. The van der Waals surface area contributed by atoms with Gasteiger partial charge in [-0.3, -0.25) is 0 Å². The van der Waals surface area contributed by atoms with Gasteiger partial charge in [-0.2, -0.15) is 5.10 Å². The van der Waals surface area contributed by atoms with Gasteiger partial charge in [-0.15, -0.1) is 0 Å². The first-order chi connectivity index (χ1) is 10.8. The van der Waals surface area contributed by atoms with Crippen LogP contribution in [0.25, 0.3) is 0 Å². The smallest absolute Gasteiger partial charge is 0.332 e. The largest absolute Gasteiger partial charge is 0.366 e. The lowest BCUT2D eigenvalue weighted by molar-refractivity contribution is 0.249. The van der Waals surface area contributed by atoms with Gasteiger partial charge >= 0.3 is 6.03 Å². The number of nitrogens with two attached hydrogens (primary N) is 1. The molecule has 1 aliphatic heterocycles. The molecule has 126 valence electrons. The van der Waals surface area contributed by atoms with Gasteiger partial charge in [0.1, 0.15) is 0 Å². The number of primary amides is 1. The number of hydrazone groups is 1. The summed E-state index contributed by atoms with van der Waals surface area (Å²) in [5.74, 6) is 0.432. The highest BCUT2D eigenvalue weighted by atomic mass is 35.5. The van der Waals surface area contributed by atoms with Crippen LogP contribution < -0.4 is 16.1 Å². The number of carbonyl (C=O) groups is 1. The fraction of sp³-hybridized carbons (Fsp3) is 0.529. The van der Waals surface area contributed by atoms with Gasteiger partial charge in [0.05, 0.1) is 11.2 Å². The molecular weight excluding hydrogens is 312 g/mol. The Morgan fingerprint density at radius 3 is 2.87 bits per heavy atom. The Morgan fingerprint density at radius 2 is 2.26 bits per heavy atom. The number of hydrogen-bond acceptors (Lipinski definition) is 3. The number of nitrogens with zero attached hydrogens (tertiary/aromatic N) is 2. The van der Waals surface area contributed by atoms with E-state index in [9.17, 15) is 4.79 Å². The lowest BCUT2D eigenvalue weighted by Gasteiger charge is -2.47. The van der Waals surface area contributed by atoms with Crippen molar-refractivity contribution in [3.8, 4) is 0 Å². The quantitative estimate of drug-likeness (QED) is 0.647. The third kappa shape index (κ3) is 3.78. The number of fused-ring (bicyclic) bond motifs is 1. The fourth-order valence-corrected chi connectivity index (χ4v) is 3.64. The SMILES string of the molecule is CCCN1c2cc(Cl)c(/C=N\NC(N)=O)cc2C(C)CC1(C)C. The van der Waals surface area contributed by atoms with E-state index in [0.29, 0.717) is 10.9 Å². The standard InChI is InChI=1S/C17H25ClN4O/c1-5-6-22-15-8-14(18)12(10-20-21-16(19)23)7-13(15)11(2)9-17(22,3)4/h7-8,10-11H,5-6,9H2,1-4H3,(H3,19,21,23)/b20-10-. The van der Waals surface area contributed by atoms with Gasteiger partial charge in [0.15, 0.2) is 0 Å². The average molecular weight is 337 g/mol. The molecule has 1 aromatic carbocycles. The van der Waals surface area contributed by atoms with E-state index in [2.05, 4.69) is 49.2 Å². The summed E-state index contributed by atoms with van der Waals surface area (Å²) in [5, 5.41) is 4.43. The Bertz CT molecular complexity index is 627. The number of benzene rings is 1. The Hall–Kier alpha value is -1.75. The lowest BCUT2D eigenvalue weighted by atomic mass is 9.79. The predicted octanol–water partition coefficient (Wildman–Crippen LogP) is 3.84. The maximum Gasteiger partial charge on any atom is 0.332 e. The number of nitrogens with one attached hydrogen (secondary N) is 1. The van der Waals surface area contributed by atoms with E-state index in [1.165, 1.54) is 17.5 Å². The van der Waals surface area contributed by atoms with Crippen LogP contribution in [0.3, 0.4) is 0 Å². The van der Waals surface area contributed by atoms with Crippen LogP contribution in [-0.4, -0.2) is 24.3 Å². The van der Waals surface area contributed by atoms with Gasteiger partial charge in [-0.1, -0.05) is 25.4 Å². The summed E-state index contributed by atoms with van der Waals surface area (Å²) in [6.45, 7) is 9.98. The van der Waals surface area contributed by atoms with Crippen molar-refractivity contribution in [2.75, 3.05) is 11.4 Å². The van der Waals surface area contributed by atoms with Crippen molar-refractivity contribution < 1.29 is 4.79 Å². The molecule has 3 N–H and O–H groups in total. The molecule has 1 unspecified atom stereocenters. The number of urea groups is 1. The first-order valence-corrected chi connectivity index (χ1v) is 8.33. The van der Waals surface area contributed by atoms with E-state index in [-0.39, 0.29) is 5.54 Å². The van der Waals surface area contributed by atoms with Crippen molar-refractivity contribution in [2.24, 2.45) is 10.8 Å². The van der Waals surface area contributed by atoms with Crippen molar-refractivity contribution in [1.82, 2.24) is 5.43 Å². The number of anilines is 1. The van der Waals surface area contributed by atoms with Crippen molar-refractivity contribution >= 4 is 29.5 Å². The summed E-state index contributed by atoms with van der Waals surface area (Å²) < 4.78 is 0. The maximum atomic E-state index is 10.7. The highest BCUT2D eigenvalue weighted by Crippen LogP contribution is 2.44. The maximum absolute atomic E-state index is 10.7. The number of hydrogen-bond donors (Lipinski definition) is 2. The molecule has 2 amide bonds. The normalized spacial score (nSPS) is 19.7. The second-order valence-electron chi connectivity index (χ2n) is 6.74. The minimum atomic E-state index is -0.695. The highest BCUT2D eigenvalue weighted by Gasteiger charge is 2.36. The molecule has 1 aromatic rings. The Labute approximate surface area is 142 Å². The topological polar surface area (TPSA) is 70.7 Å². The lowest BCUT2D eigenvalue weighted by Crippen LogP contribution is -2.48. The van der Waals surface area contributed by atoms with E-state index in [1.54, 1.807) is 0 Å². The molecule has 0 bridgehead atoms. The average Bonchev–Trinajstić information content (AvgIpc) is 2.43. The van der Waals surface area contributed by atoms with Crippen molar-refractivity contribution in [3.63, 3.8) is 0 Å². The van der Waals surface area contributed by atoms with E-state index < -0.39 is 6.03 Å². The molecule has 1 aliphatic rings. The van der Waals surface area contributed by atoms with Crippen LogP contribution >= 0.6 is 11.6 Å². The summed E-state index contributed by atoms with van der Waals surface area (Å²) in [7, 11) is 0. The number of carbonyl (C=O) groups excluding carboxylic acids is 1. The van der Waals surface area contributed by atoms with Crippen LogP contribution in [0.1, 0.15) is 57.6 Å². The second kappa shape index (κ2) is 6.79. The zero-order chi connectivity index (χ0) is 17.2. The van der Waals surface area contributed by atoms with Gasteiger partial charge in [0.25, 0.3) is 0 Å². The summed E-state index contributed by atoms with van der Waals surface area (Å²) in [4.78, 5) is 13.1. The third-order valence-corrected chi connectivity index (χ3v) is 4.66. The summed E-state index contributed by atoms with van der Waals surface area (Å²) in [6, 6.07) is 3.38. The number of amides is 2. The predicted molar refractivity (Wildman–Crippen MR) is 96.5 cm³/mol. The molecule has 1 heterocycles. The first-order valence-electron chi connectivity index (χ1n) is 7.96. The van der Waals surface area contributed by atoms with Gasteiger partial charge in [-0.05, 0) is 50.3 Å². The van der Waals surface area contributed by atoms with Crippen LogP contribution in [0, 0.1) is 0 Å². The van der Waals surface area contributed by atoms with E-state index in [4.69, 9.17) is 17.3 Å². The Morgan fingerprint density at radius 1 is 1.57 bits per heavy atom. The van der Waals surface area contributed by atoms with E-state index >= 15 is 0 Å². The third-order valence-electron chi connectivity index (χ3n) is 4.33. The molecule has 1 atom stereocenters. The molecule has 2 rings (SSSR count). The van der Waals surface area contributed by atoms with Crippen LogP contribution in [0.5, 0.6) is 0 Å². The fourth-order valence-electron chi connectivity index (χ4n) is 3.43. The first kappa shape index (κ1) is 17.6. The molecule has 0 radical (unpaired) electrons. The van der Waals surface area contributed by atoms with Gasteiger partial charge < -0.3 is 10.6 Å². The zero-order valence-corrected chi connectivity index (χ0v) is 14.9. The van der Waals surface area contributed by atoms with Crippen molar-refractivity contribution in [3.05, 3.63) is 28.3 Å². The zero-order valence-electron chi connectivity index (χ0n) is 14.2. The van der Waals surface area contributed by atoms with Gasteiger partial charge in [0.2, 0.25) is 0 Å². The van der Waals surface area contributed by atoms with Crippen LogP contribution in [-0.2, 0) is 0 Å². The van der Waals surface area contributed by atoms with Crippen LogP contribution in [0.4, 0.5) is 10.5 Å². The monoisotopic (exact) mass is 336 g/mol.